The molecule has 162 valence electrons. The number of para-hydroxylation sites is 1. The van der Waals surface area contributed by atoms with Crippen molar-refractivity contribution in [1.29, 1.82) is 0 Å². The molecule has 6 heteroatoms. The molecule has 1 heterocycles. The van der Waals surface area contributed by atoms with Crippen LogP contribution in [0.25, 0.3) is 10.8 Å². The molecular formula is C25H28ClN3O2. The van der Waals surface area contributed by atoms with Crippen molar-refractivity contribution in [1.82, 2.24) is 9.80 Å². The summed E-state index contributed by atoms with van der Waals surface area (Å²) in [4.78, 5) is 17.4. The molecule has 4 rings (SSSR count). The highest BCUT2D eigenvalue weighted by Crippen LogP contribution is 2.23. The molecule has 1 saturated heterocycles. The van der Waals surface area contributed by atoms with E-state index < -0.39 is 0 Å². The number of ether oxygens (including phenoxy) is 1. The van der Waals surface area contributed by atoms with Crippen LogP contribution in [0.15, 0.2) is 66.7 Å². The highest BCUT2D eigenvalue weighted by molar-refractivity contribution is 6.32. The predicted molar refractivity (Wildman–Crippen MR) is 127 cm³/mol. The predicted octanol–water partition coefficient (Wildman–Crippen LogP) is 4.52. The van der Waals surface area contributed by atoms with Gasteiger partial charge in [0.15, 0.2) is 0 Å². The molecular weight excluding hydrogens is 410 g/mol. The summed E-state index contributed by atoms with van der Waals surface area (Å²) in [5, 5.41) is 6.01. The fourth-order valence-electron chi connectivity index (χ4n) is 3.90. The second-order valence-electron chi connectivity index (χ2n) is 7.88. The average molecular weight is 438 g/mol. The maximum atomic E-state index is 12.8. The van der Waals surface area contributed by atoms with Crippen LogP contribution in [0, 0.1) is 0 Å². The van der Waals surface area contributed by atoms with Crippen molar-refractivity contribution in [2.45, 2.75) is 13.0 Å². The maximum Gasteiger partial charge on any atom is 0.241 e. The monoisotopic (exact) mass is 437 g/mol. The van der Waals surface area contributed by atoms with Gasteiger partial charge in [0.25, 0.3) is 0 Å². The van der Waals surface area contributed by atoms with E-state index in [-0.39, 0.29) is 11.9 Å². The van der Waals surface area contributed by atoms with Crippen LogP contribution in [0.4, 0.5) is 5.69 Å². The summed E-state index contributed by atoms with van der Waals surface area (Å²) in [6.07, 6.45) is 0. The lowest BCUT2D eigenvalue weighted by atomic mass is 10.1. The highest BCUT2D eigenvalue weighted by Gasteiger charge is 2.25. The Hall–Kier alpha value is -2.60. The van der Waals surface area contributed by atoms with Crippen LogP contribution in [0.3, 0.4) is 0 Å². The van der Waals surface area contributed by atoms with Crippen LogP contribution in [0.1, 0.15) is 6.92 Å². The molecule has 1 atom stereocenters. The minimum atomic E-state index is -0.173. The molecule has 0 aliphatic carbocycles. The smallest absolute Gasteiger partial charge is 0.241 e. The Balaban J connectivity index is 1.23. The highest BCUT2D eigenvalue weighted by atomic mass is 35.5. The second kappa shape index (κ2) is 10.1. The van der Waals surface area contributed by atoms with Crippen molar-refractivity contribution >= 4 is 34.0 Å². The van der Waals surface area contributed by atoms with E-state index >= 15 is 0 Å². The van der Waals surface area contributed by atoms with Gasteiger partial charge < -0.3 is 10.1 Å². The van der Waals surface area contributed by atoms with E-state index in [2.05, 4.69) is 27.2 Å². The van der Waals surface area contributed by atoms with E-state index in [1.165, 1.54) is 5.39 Å². The van der Waals surface area contributed by atoms with E-state index in [0.717, 1.165) is 49.5 Å². The van der Waals surface area contributed by atoms with Crippen molar-refractivity contribution in [3.05, 3.63) is 71.8 Å². The van der Waals surface area contributed by atoms with Gasteiger partial charge in [-0.15, -0.1) is 0 Å². The molecule has 0 aromatic heterocycles. The molecule has 0 unspecified atom stereocenters. The molecule has 1 aliphatic rings. The van der Waals surface area contributed by atoms with Gasteiger partial charge in [0, 0.05) is 38.4 Å². The van der Waals surface area contributed by atoms with Crippen LogP contribution < -0.4 is 10.1 Å². The molecule has 1 N–H and O–H groups in total. The third-order valence-corrected chi connectivity index (χ3v) is 6.17. The van der Waals surface area contributed by atoms with Gasteiger partial charge in [0.1, 0.15) is 12.4 Å². The number of nitrogens with zero attached hydrogens (tertiary/aromatic N) is 2. The number of anilines is 1. The SMILES string of the molecule is C[C@@H](C(=O)Nc1ccc2ccccc2c1)N1CCN(CCOc2ccccc2Cl)CC1. The minimum absolute atomic E-state index is 0.0331. The van der Waals surface area contributed by atoms with Crippen molar-refractivity contribution in [3.63, 3.8) is 0 Å². The largest absolute Gasteiger partial charge is 0.491 e. The lowest BCUT2D eigenvalue weighted by Crippen LogP contribution is -2.53. The zero-order valence-electron chi connectivity index (χ0n) is 17.8. The van der Waals surface area contributed by atoms with Gasteiger partial charge in [-0.05, 0) is 42.0 Å². The number of amides is 1. The van der Waals surface area contributed by atoms with E-state index in [1.54, 1.807) is 0 Å². The van der Waals surface area contributed by atoms with Gasteiger partial charge >= 0.3 is 0 Å². The lowest BCUT2D eigenvalue weighted by Gasteiger charge is -2.37. The molecule has 1 aliphatic heterocycles. The Morgan fingerprint density at radius 3 is 2.48 bits per heavy atom. The van der Waals surface area contributed by atoms with Gasteiger partial charge in [-0.3, -0.25) is 14.6 Å². The molecule has 5 nitrogen and oxygen atoms in total. The zero-order valence-corrected chi connectivity index (χ0v) is 18.5. The number of carbonyl (C=O) groups excluding carboxylic acids is 1. The molecule has 0 radical (unpaired) electrons. The van der Waals surface area contributed by atoms with Crippen LogP contribution in [0.2, 0.25) is 5.02 Å². The normalized spacial score (nSPS) is 16.2. The number of rotatable bonds is 7. The molecule has 0 bridgehead atoms. The summed E-state index contributed by atoms with van der Waals surface area (Å²) in [6, 6.07) is 21.5. The fourth-order valence-corrected chi connectivity index (χ4v) is 4.09. The Kier molecular flexibility index (Phi) is 7.07. The Morgan fingerprint density at radius 2 is 1.71 bits per heavy atom. The second-order valence-corrected chi connectivity index (χ2v) is 8.29. The summed E-state index contributed by atoms with van der Waals surface area (Å²) in [5.74, 6) is 0.757. The topological polar surface area (TPSA) is 44.8 Å². The van der Waals surface area contributed by atoms with E-state index in [4.69, 9.17) is 16.3 Å². The molecule has 1 fully saturated rings. The maximum absolute atomic E-state index is 12.8. The van der Waals surface area contributed by atoms with Gasteiger partial charge in [-0.1, -0.05) is 54.1 Å². The Bertz CT molecular complexity index is 1030. The van der Waals surface area contributed by atoms with Crippen molar-refractivity contribution in [3.8, 4) is 5.75 Å². The van der Waals surface area contributed by atoms with Gasteiger partial charge in [-0.25, -0.2) is 0 Å². The number of hydrogen-bond donors (Lipinski definition) is 1. The molecule has 0 spiro atoms. The summed E-state index contributed by atoms with van der Waals surface area (Å²) in [5.41, 5.74) is 0.839. The number of nitrogens with one attached hydrogen (secondary N) is 1. The molecule has 3 aromatic carbocycles. The molecule has 1 amide bonds. The summed E-state index contributed by atoms with van der Waals surface area (Å²) < 4.78 is 5.80. The first-order valence-corrected chi connectivity index (χ1v) is 11.1. The Morgan fingerprint density at radius 1 is 1.00 bits per heavy atom. The van der Waals surface area contributed by atoms with Crippen LogP contribution in [-0.4, -0.2) is 61.1 Å². The first-order chi connectivity index (χ1) is 15.1. The molecule has 31 heavy (non-hydrogen) atoms. The average Bonchev–Trinajstić information content (AvgIpc) is 2.80. The summed E-state index contributed by atoms with van der Waals surface area (Å²) in [7, 11) is 0. The van der Waals surface area contributed by atoms with E-state index in [1.807, 2.05) is 61.5 Å². The van der Waals surface area contributed by atoms with E-state index in [0.29, 0.717) is 11.6 Å². The minimum Gasteiger partial charge on any atom is -0.491 e. The van der Waals surface area contributed by atoms with Crippen LogP contribution in [0.5, 0.6) is 5.75 Å². The van der Waals surface area contributed by atoms with Crippen LogP contribution >= 0.6 is 11.6 Å². The molecule has 0 saturated carbocycles. The summed E-state index contributed by atoms with van der Waals surface area (Å²) >= 11 is 6.13. The Labute approximate surface area is 188 Å². The van der Waals surface area contributed by atoms with Crippen LogP contribution in [-0.2, 0) is 4.79 Å². The zero-order chi connectivity index (χ0) is 21.6. The van der Waals surface area contributed by atoms with Gasteiger partial charge in [0.2, 0.25) is 5.91 Å². The van der Waals surface area contributed by atoms with Crippen molar-refractivity contribution in [2.24, 2.45) is 0 Å². The van der Waals surface area contributed by atoms with Gasteiger partial charge in [-0.2, -0.15) is 0 Å². The van der Waals surface area contributed by atoms with Crippen molar-refractivity contribution in [2.75, 3.05) is 44.6 Å². The molecule has 3 aromatic rings. The number of fused-ring (bicyclic) bond motifs is 1. The standard InChI is InChI=1S/C25H28ClN3O2/c1-19(25(30)27-22-11-10-20-6-2-3-7-21(20)18-22)29-14-12-28(13-15-29)16-17-31-24-9-5-4-8-23(24)26/h2-11,18-19H,12-17H2,1H3,(H,27,30)/t19-/m0/s1. The number of piperazine rings is 1. The van der Waals surface area contributed by atoms with Crippen molar-refractivity contribution < 1.29 is 9.53 Å². The summed E-state index contributed by atoms with van der Waals surface area (Å²) in [6.45, 7) is 6.97. The third kappa shape index (κ3) is 5.56. The van der Waals surface area contributed by atoms with Gasteiger partial charge in [0.05, 0.1) is 11.1 Å². The number of benzene rings is 3. The fraction of sp³-hybridized carbons (Fsp3) is 0.320. The number of hydrogen-bond acceptors (Lipinski definition) is 4. The third-order valence-electron chi connectivity index (χ3n) is 5.85. The first-order valence-electron chi connectivity index (χ1n) is 10.7. The number of carbonyl (C=O) groups is 1. The first kappa shape index (κ1) is 21.6. The quantitative estimate of drug-likeness (QED) is 0.590. The lowest BCUT2D eigenvalue weighted by molar-refractivity contribution is -0.121. The number of halogens is 1. The van der Waals surface area contributed by atoms with E-state index in [9.17, 15) is 4.79 Å².